The average Bonchev–Trinajstić information content (AvgIpc) is 2.79. The number of methoxy groups -OCH3 is 1. The molecule has 3 aromatic rings. The van der Waals surface area contributed by atoms with Crippen LogP contribution in [0.2, 0.25) is 0 Å². The Morgan fingerprint density at radius 2 is 1.82 bits per heavy atom. The largest absolute Gasteiger partial charge is 0.495 e. The number of nitrogens with zero attached hydrogens (tertiary/aromatic N) is 6. The third-order valence-electron chi connectivity index (χ3n) is 4.73. The second kappa shape index (κ2) is 8.51. The quantitative estimate of drug-likeness (QED) is 0.700. The average molecular weight is 377 g/mol. The number of rotatable bonds is 6. The third kappa shape index (κ3) is 4.11. The van der Waals surface area contributed by atoms with Crippen LogP contribution in [0.3, 0.4) is 0 Å². The molecule has 1 N–H and O–H groups in total. The molecule has 2 aromatic heterocycles. The van der Waals surface area contributed by atoms with E-state index in [0.717, 1.165) is 43.2 Å². The van der Waals surface area contributed by atoms with Crippen LogP contribution in [0, 0.1) is 0 Å². The van der Waals surface area contributed by atoms with Crippen molar-refractivity contribution in [1.29, 1.82) is 0 Å². The number of para-hydroxylation sites is 2. The van der Waals surface area contributed by atoms with Gasteiger partial charge in [-0.1, -0.05) is 18.2 Å². The summed E-state index contributed by atoms with van der Waals surface area (Å²) in [4.78, 5) is 13.2. The molecule has 0 saturated carbocycles. The lowest BCUT2D eigenvalue weighted by Crippen LogP contribution is -2.47. The maximum atomic E-state index is 5.49. The molecular weight excluding hydrogens is 354 g/mol. The molecule has 28 heavy (non-hydrogen) atoms. The van der Waals surface area contributed by atoms with Crippen LogP contribution in [-0.4, -0.2) is 53.5 Å². The monoisotopic (exact) mass is 377 g/mol. The summed E-state index contributed by atoms with van der Waals surface area (Å²) in [6.45, 7) is 4.04. The summed E-state index contributed by atoms with van der Waals surface area (Å²) in [7, 11) is 1.71. The normalized spacial score (nSPS) is 14.0. The standard InChI is InChI=1S/C20H23N7O/c1-28-18-7-3-2-6-17(18)26-9-11-27(12-10-26)20-24-19(15-23-25-20)22-14-16-5-4-8-21-13-16/h2-8,13,15H,9-12,14H2,1H3,(H,22,24,25). The van der Waals surface area contributed by atoms with Crippen molar-refractivity contribution in [2.24, 2.45) is 0 Å². The van der Waals surface area contributed by atoms with Gasteiger partial charge in [-0.2, -0.15) is 10.1 Å². The summed E-state index contributed by atoms with van der Waals surface area (Å²) in [5.41, 5.74) is 2.21. The Bertz CT molecular complexity index is 898. The van der Waals surface area contributed by atoms with Gasteiger partial charge in [-0.05, 0) is 23.8 Å². The molecule has 8 nitrogen and oxygen atoms in total. The molecule has 1 fully saturated rings. The highest BCUT2D eigenvalue weighted by Crippen LogP contribution is 2.28. The van der Waals surface area contributed by atoms with E-state index in [1.807, 2.05) is 36.5 Å². The van der Waals surface area contributed by atoms with Crippen molar-refractivity contribution in [2.45, 2.75) is 6.54 Å². The van der Waals surface area contributed by atoms with Crippen LogP contribution in [0.5, 0.6) is 5.75 Å². The lowest BCUT2D eigenvalue weighted by atomic mass is 10.2. The van der Waals surface area contributed by atoms with Crippen LogP contribution in [0.4, 0.5) is 17.5 Å². The zero-order chi connectivity index (χ0) is 19.2. The zero-order valence-electron chi connectivity index (χ0n) is 15.8. The highest BCUT2D eigenvalue weighted by molar-refractivity contribution is 5.59. The highest BCUT2D eigenvalue weighted by Gasteiger charge is 2.21. The molecule has 0 spiro atoms. The van der Waals surface area contributed by atoms with Crippen LogP contribution in [0.15, 0.2) is 55.0 Å². The minimum atomic E-state index is 0.646. The Balaban J connectivity index is 1.38. The number of piperazine rings is 1. The Morgan fingerprint density at radius 1 is 1.00 bits per heavy atom. The van der Waals surface area contributed by atoms with E-state index in [2.05, 4.69) is 41.3 Å². The highest BCUT2D eigenvalue weighted by atomic mass is 16.5. The van der Waals surface area contributed by atoms with Crippen molar-refractivity contribution in [2.75, 3.05) is 48.4 Å². The maximum Gasteiger partial charge on any atom is 0.247 e. The summed E-state index contributed by atoms with van der Waals surface area (Å²) in [5.74, 6) is 2.26. The number of pyridine rings is 1. The molecule has 8 heteroatoms. The van der Waals surface area contributed by atoms with Crippen molar-refractivity contribution in [3.05, 3.63) is 60.6 Å². The topological polar surface area (TPSA) is 79.3 Å². The first-order chi connectivity index (χ1) is 13.8. The smallest absolute Gasteiger partial charge is 0.247 e. The van der Waals surface area contributed by atoms with E-state index in [1.165, 1.54) is 0 Å². The van der Waals surface area contributed by atoms with Crippen LogP contribution < -0.4 is 19.9 Å². The van der Waals surface area contributed by atoms with E-state index < -0.39 is 0 Å². The predicted molar refractivity (Wildman–Crippen MR) is 109 cm³/mol. The fourth-order valence-corrected chi connectivity index (χ4v) is 3.25. The van der Waals surface area contributed by atoms with E-state index >= 15 is 0 Å². The Hall–Kier alpha value is -3.42. The number of nitrogens with one attached hydrogen (secondary N) is 1. The summed E-state index contributed by atoms with van der Waals surface area (Å²) < 4.78 is 5.49. The van der Waals surface area contributed by atoms with E-state index in [-0.39, 0.29) is 0 Å². The number of anilines is 3. The van der Waals surface area contributed by atoms with Crippen LogP contribution in [0.1, 0.15) is 5.56 Å². The van der Waals surface area contributed by atoms with E-state index in [1.54, 1.807) is 19.5 Å². The molecule has 1 saturated heterocycles. The first kappa shape index (κ1) is 18.0. The van der Waals surface area contributed by atoms with Crippen molar-refractivity contribution in [3.63, 3.8) is 0 Å². The molecule has 0 radical (unpaired) electrons. The minimum Gasteiger partial charge on any atom is -0.495 e. The molecule has 0 unspecified atom stereocenters. The Labute approximate surface area is 164 Å². The number of hydrogen-bond donors (Lipinski definition) is 1. The van der Waals surface area contributed by atoms with Crippen molar-refractivity contribution in [3.8, 4) is 5.75 Å². The van der Waals surface area contributed by atoms with Gasteiger partial charge in [0.05, 0.1) is 19.0 Å². The Kier molecular flexibility index (Phi) is 5.46. The van der Waals surface area contributed by atoms with E-state index in [0.29, 0.717) is 18.3 Å². The summed E-state index contributed by atoms with van der Waals surface area (Å²) in [5, 5.41) is 11.6. The second-order valence-electron chi connectivity index (χ2n) is 6.50. The molecule has 0 amide bonds. The predicted octanol–water partition coefficient (Wildman–Crippen LogP) is 2.21. The van der Waals surface area contributed by atoms with Gasteiger partial charge in [-0.3, -0.25) is 4.98 Å². The van der Waals surface area contributed by atoms with Gasteiger partial charge in [-0.15, -0.1) is 5.10 Å². The van der Waals surface area contributed by atoms with E-state index in [4.69, 9.17) is 4.74 Å². The first-order valence-corrected chi connectivity index (χ1v) is 9.29. The molecule has 1 aliphatic rings. The number of aromatic nitrogens is 4. The minimum absolute atomic E-state index is 0.646. The number of ether oxygens (including phenoxy) is 1. The van der Waals surface area contributed by atoms with Gasteiger partial charge in [0, 0.05) is 45.1 Å². The van der Waals surface area contributed by atoms with Crippen molar-refractivity contribution in [1.82, 2.24) is 20.2 Å². The molecule has 3 heterocycles. The lowest BCUT2D eigenvalue weighted by molar-refractivity contribution is 0.413. The molecule has 0 bridgehead atoms. The van der Waals surface area contributed by atoms with Gasteiger partial charge in [0.25, 0.3) is 0 Å². The number of benzene rings is 1. The number of hydrogen-bond acceptors (Lipinski definition) is 8. The SMILES string of the molecule is COc1ccccc1N1CCN(c2nncc(NCc3cccnc3)n2)CC1. The molecule has 144 valence electrons. The van der Waals surface area contributed by atoms with Gasteiger partial charge in [0.2, 0.25) is 5.95 Å². The summed E-state index contributed by atoms with van der Waals surface area (Å²) in [6.07, 6.45) is 5.24. The zero-order valence-corrected chi connectivity index (χ0v) is 15.8. The van der Waals surface area contributed by atoms with Crippen LogP contribution in [0.25, 0.3) is 0 Å². The van der Waals surface area contributed by atoms with Crippen LogP contribution >= 0.6 is 0 Å². The van der Waals surface area contributed by atoms with Crippen LogP contribution in [-0.2, 0) is 6.54 Å². The van der Waals surface area contributed by atoms with Gasteiger partial charge < -0.3 is 19.9 Å². The summed E-state index contributed by atoms with van der Waals surface area (Å²) >= 11 is 0. The van der Waals surface area contributed by atoms with E-state index in [9.17, 15) is 0 Å². The molecule has 1 aromatic carbocycles. The summed E-state index contributed by atoms with van der Waals surface area (Å²) in [6, 6.07) is 12.0. The van der Waals surface area contributed by atoms with Gasteiger partial charge >= 0.3 is 0 Å². The fourth-order valence-electron chi connectivity index (χ4n) is 3.25. The van der Waals surface area contributed by atoms with Crippen molar-refractivity contribution < 1.29 is 4.74 Å². The maximum absolute atomic E-state index is 5.49. The molecule has 1 aliphatic heterocycles. The first-order valence-electron chi connectivity index (χ1n) is 9.29. The Morgan fingerprint density at radius 3 is 2.61 bits per heavy atom. The third-order valence-corrected chi connectivity index (χ3v) is 4.73. The fraction of sp³-hybridized carbons (Fsp3) is 0.300. The molecule has 4 rings (SSSR count). The van der Waals surface area contributed by atoms with Gasteiger partial charge in [0.15, 0.2) is 5.82 Å². The lowest BCUT2D eigenvalue weighted by Gasteiger charge is -2.36. The van der Waals surface area contributed by atoms with Crippen molar-refractivity contribution >= 4 is 17.5 Å². The second-order valence-corrected chi connectivity index (χ2v) is 6.50. The molecular formula is C20H23N7O. The molecule has 0 aliphatic carbocycles. The van der Waals surface area contributed by atoms with Gasteiger partial charge in [0.1, 0.15) is 5.75 Å². The molecule has 0 atom stereocenters. The van der Waals surface area contributed by atoms with Gasteiger partial charge in [-0.25, -0.2) is 0 Å².